The lowest BCUT2D eigenvalue weighted by atomic mass is 9.84. The minimum Gasteiger partial charge on any atom is -0.504 e. The van der Waals surface area contributed by atoms with Crippen molar-refractivity contribution in [2.24, 2.45) is 5.92 Å². The molecule has 0 aliphatic carbocycles. The van der Waals surface area contributed by atoms with Gasteiger partial charge < -0.3 is 15.5 Å². The van der Waals surface area contributed by atoms with Gasteiger partial charge in [0.05, 0.1) is 0 Å². The SMILES string of the molecule is Br.Oc1ccc(C2CNCC2Cc2ccccc2)cc1O. The highest BCUT2D eigenvalue weighted by Gasteiger charge is 2.28. The number of nitrogens with one attached hydrogen (secondary N) is 1. The van der Waals surface area contributed by atoms with E-state index in [2.05, 4.69) is 29.6 Å². The number of hydrogen-bond acceptors (Lipinski definition) is 3. The molecule has 1 heterocycles. The second-order valence-electron chi connectivity index (χ2n) is 5.46. The number of rotatable bonds is 3. The van der Waals surface area contributed by atoms with Gasteiger partial charge in [0.25, 0.3) is 0 Å². The van der Waals surface area contributed by atoms with E-state index in [-0.39, 0.29) is 28.5 Å². The summed E-state index contributed by atoms with van der Waals surface area (Å²) in [7, 11) is 0. The lowest BCUT2D eigenvalue weighted by Crippen LogP contribution is -2.13. The molecule has 2 aromatic rings. The smallest absolute Gasteiger partial charge is 0.157 e. The van der Waals surface area contributed by atoms with Crippen molar-refractivity contribution >= 4 is 17.0 Å². The van der Waals surface area contributed by atoms with Crippen LogP contribution in [0, 0.1) is 5.92 Å². The third-order valence-electron chi connectivity index (χ3n) is 4.11. The van der Waals surface area contributed by atoms with Crippen molar-refractivity contribution < 1.29 is 10.2 Å². The Labute approximate surface area is 135 Å². The van der Waals surface area contributed by atoms with Crippen molar-refractivity contribution in [1.29, 1.82) is 0 Å². The minimum atomic E-state index is -0.0562. The monoisotopic (exact) mass is 349 g/mol. The van der Waals surface area contributed by atoms with E-state index in [0.29, 0.717) is 11.8 Å². The molecule has 1 aliphatic heterocycles. The van der Waals surface area contributed by atoms with Crippen molar-refractivity contribution in [1.82, 2.24) is 5.32 Å². The van der Waals surface area contributed by atoms with Crippen molar-refractivity contribution in [2.75, 3.05) is 13.1 Å². The van der Waals surface area contributed by atoms with Crippen LogP contribution in [0.1, 0.15) is 17.0 Å². The molecule has 2 unspecified atom stereocenters. The van der Waals surface area contributed by atoms with Crippen molar-refractivity contribution in [3.63, 3.8) is 0 Å². The zero-order valence-corrected chi connectivity index (χ0v) is 13.4. The van der Waals surface area contributed by atoms with Gasteiger partial charge >= 0.3 is 0 Å². The maximum Gasteiger partial charge on any atom is 0.157 e. The van der Waals surface area contributed by atoms with E-state index in [1.54, 1.807) is 12.1 Å². The number of phenolic OH excluding ortho intramolecular Hbond substituents is 2. The quantitative estimate of drug-likeness (QED) is 0.745. The summed E-state index contributed by atoms with van der Waals surface area (Å²) in [6.45, 7) is 1.91. The standard InChI is InChI=1S/C17H19NO2.BrH/c19-16-7-6-13(9-17(16)20)15-11-18-10-14(15)8-12-4-2-1-3-5-12;/h1-7,9,14-15,18-20H,8,10-11H2;1H. The molecule has 0 bridgehead atoms. The first-order chi connectivity index (χ1) is 9.74. The van der Waals surface area contributed by atoms with Crippen LogP contribution < -0.4 is 5.32 Å². The van der Waals surface area contributed by atoms with Gasteiger partial charge in [0.1, 0.15) is 0 Å². The second-order valence-corrected chi connectivity index (χ2v) is 5.46. The van der Waals surface area contributed by atoms with E-state index in [9.17, 15) is 10.2 Å². The number of benzene rings is 2. The molecule has 1 fully saturated rings. The summed E-state index contributed by atoms with van der Waals surface area (Å²) in [5, 5.41) is 22.5. The van der Waals surface area contributed by atoms with Crippen LogP contribution in [-0.2, 0) is 6.42 Å². The normalized spacial score (nSPS) is 21.0. The fourth-order valence-corrected chi connectivity index (χ4v) is 3.03. The Hall–Kier alpha value is -1.52. The fraction of sp³-hybridized carbons (Fsp3) is 0.294. The van der Waals surface area contributed by atoms with Gasteiger partial charge in [-0.3, -0.25) is 0 Å². The number of hydrogen-bond donors (Lipinski definition) is 3. The van der Waals surface area contributed by atoms with Gasteiger partial charge in [0, 0.05) is 12.5 Å². The maximum atomic E-state index is 9.67. The molecule has 0 aromatic heterocycles. The van der Waals surface area contributed by atoms with Crippen LogP contribution >= 0.6 is 17.0 Å². The average Bonchev–Trinajstić information content (AvgIpc) is 2.91. The van der Waals surface area contributed by atoms with E-state index >= 15 is 0 Å². The zero-order chi connectivity index (χ0) is 13.9. The van der Waals surface area contributed by atoms with Crippen molar-refractivity contribution in [3.05, 3.63) is 59.7 Å². The topological polar surface area (TPSA) is 52.5 Å². The highest BCUT2D eigenvalue weighted by Crippen LogP contribution is 2.35. The fourth-order valence-electron chi connectivity index (χ4n) is 3.03. The summed E-state index contributed by atoms with van der Waals surface area (Å²) in [6.07, 6.45) is 1.03. The summed E-state index contributed by atoms with van der Waals surface area (Å²) >= 11 is 0. The molecule has 4 heteroatoms. The van der Waals surface area contributed by atoms with Gasteiger partial charge in [-0.2, -0.15) is 0 Å². The van der Waals surface area contributed by atoms with Crippen LogP contribution in [0.4, 0.5) is 0 Å². The Morgan fingerprint density at radius 3 is 2.43 bits per heavy atom. The van der Waals surface area contributed by atoms with Crippen LogP contribution in [0.2, 0.25) is 0 Å². The van der Waals surface area contributed by atoms with Crippen LogP contribution in [0.5, 0.6) is 11.5 Å². The number of halogens is 1. The van der Waals surface area contributed by atoms with E-state index < -0.39 is 0 Å². The molecule has 0 saturated carbocycles. The summed E-state index contributed by atoms with van der Waals surface area (Å²) in [4.78, 5) is 0. The molecular weight excluding hydrogens is 330 g/mol. The lowest BCUT2D eigenvalue weighted by Gasteiger charge is -2.19. The first-order valence-corrected chi connectivity index (χ1v) is 7.00. The van der Waals surface area contributed by atoms with Crippen LogP contribution in [-0.4, -0.2) is 23.3 Å². The number of phenols is 2. The molecule has 0 amide bonds. The van der Waals surface area contributed by atoms with E-state index in [1.165, 1.54) is 5.56 Å². The molecule has 0 radical (unpaired) electrons. The first kappa shape index (κ1) is 15.9. The zero-order valence-electron chi connectivity index (χ0n) is 11.7. The second kappa shape index (κ2) is 6.96. The summed E-state index contributed by atoms with van der Waals surface area (Å²) in [5.41, 5.74) is 2.43. The Balaban J connectivity index is 0.00000161. The van der Waals surface area contributed by atoms with Crippen molar-refractivity contribution in [2.45, 2.75) is 12.3 Å². The molecule has 3 N–H and O–H groups in total. The average molecular weight is 350 g/mol. The Bertz CT molecular complexity index is 589. The molecular formula is C17H20BrNO2. The molecule has 0 spiro atoms. The van der Waals surface area contributed by atoms with Gasteiger partial charge in [-0.25, -0.2) is 0 Å². The lowest BCUT2D eigenvalue weighted by molar-refractivity contribution is 0.401. The number of aromatic hydroxyl groups is 2. The Morgan fingerprint density at radius 1 is 0.952 bits per heavy atom. The summed E-state index contributed by atoms with van der Waals surface area (Å²) in [6, 6.07) is 15.6. The molecule has 1 aliphatic rings. The molecule has 3 rings (SSSR count). The molecule has 21 heavy (non-hydrogen) atoms. The molecule has 112 valence electrons. The van der Waals surface area contributed by atoms with Gasteiger partial charge in [0.2, 0.25) is 0 Å². The van der Waals surface area contributed by atoms with E-state index in [0.717, 1.165) is 25.1 Å². The summed E-state index contributed by atoms with van der Waals surface area (Å²) in [5.74, 6) is 0.801. The van der Waals surface area contributed by atoms with Crippen LogP contribution in [0.25, 0.3) is 0 Å². The van der Waals surface area contributed by atoms with Gasteiger partial charge in [-0.15, -0.1) is 17.0 Å². The first-order valence-electron chi connectivity index (χ1n) is 7.00. The van der Waals surface area contributed by atoms with E-state index in [1.807, 2.05) is 12.1 Å². The Kier molecular flexibility index (Phi) is 5.26. The van der Waals surface area contributed by atoms with Crippen LogP contribution in [0.15, 0.2) is 48.5 Å². The van der Waals surface area contributed by atoms with Crippen LogP contribution in [0.3, 0.4) is 0 Å². The van der Waals surface area contributed by atoms with E-state index in [4.69, 9.17) is 0 Å². The predicted octanol–water partition coefficient (Wildman–Crippen LogP) is 3.22. The van der Waals surface area contributed by atoms with Gasteiger partial charge in [0.15, 0.2) is 11.5 Å². The van der Waals surface area contributed by atoms with Gasteiger partial charge in [-0.05, 0) is 42.1 Å². The maximum absolute atomic E-state index is 9.67. The molecule has 2 atom stereocenters. The Morgan fingerprint density at radius 2 is 1.71 bits per heavy atom. The highest BCUT2D eigenvalue weighted by molar-refractivity contribution is 8.93. The summed E-state index contributed by atoms with van der Waals surface area (Å²) < 4.78 is 0. The third-order valence-corrected chi connectivity index (χ3v) is 4.11. The molecule has 2 aromatic carbocycles. The van der Waals surface area contributed by atoms with Gasteiger partial charge in [-0.1, -0.05) is 36.4 Å². The largest absolute Gasteiger partial charge is 0.504 e. The third kappa shape index (κ3) is 3.57. The molecule has 1 saturated heterocycles. The van der Waals surface area contributed by atoms with Crippen molar-refractivity contribution in [3.8, 4) is 11.5 Å². The highest BCUT2D eigenvalue weighted by atomic mass is 79.9. The predicted molar refractivity (Wildman–Crippen MR) is 89.3 cm³/mol. The minimum absolute atomic E-state index is 0. The molecule has 3 nitrogen and oxygen atoms in total.